The van der Waals surface area contributed by atoms with E-state index in [1.165, 1.54) is 10.7 Å². The van der Waals surface area contributed by atoms with Crippen LogP contribution in [0.25, 0.3) is 5.69 Å². The van der Waals surface area contributed by atoms with E-state index in [-0.39, 0.29) is 17.0 Å². The summed E-state index contributed by atoms with van der Waals surface area (Å²) in [6, 6.07) is 15.6. The summed E-state index contributed by atoms with van der Waals surface area (Å²) in [5.41, 5.74) is 1.38. The number of aromatic nitrogens is 2. The molecule has 1 aromatic heterocycles. The standard InChI is InChI=1S/C22H21ClFN3O2/c23-17-5-3-4-16(14-17)22(9-12-29-13-10-22)15-25-21(28)19-8-11-27(26-19)20-7-2-1-6-18(20)24/h1-8,11,14H,9-10,12-13,15H2,(H,25,28). The molecular formula is C22H21ClFN3O2. The van der Waals surface area contributed by atoms with Gasteiger partial charge in [-0.1, -0.05) is 35.9 Å². The molecule has 0 atom stereocenters. The van der Waals surface area contributed by atoms with Crippen LogP contribution in [0.15, 0.2) is 60.8 Å². The second kappa shape index (κ2) is 8.35. The van der Waals surface area contributed by atoms with E-state index in [1.807, 2.05) is 24.3 Å². The highest BCUT2D eigenvalue weighted by atomic mass is 35.5. The van der Waals surface area contributed by atoms with E-state index in [0.29, 0.717) is 30.5 Å². The normalized spacial score (nSPS) is 15.8. The second-order valence-electron chi connectivity index (χ2n) is 7.18. The SMILES string of the molecule is O=C(NCC1(c2cccc(Cl)c2)CCOCC1)c1ccn(-c2ccccc2F)n1. The molecule has 150 valence electrons. The number of nitrogens with zero attached hydrogens (tertiary/aromatic N) is 2. The molecule has 3 aromatic rings. The highest BCUT2D eigenvalue weighted by molar-refractivity contribution is 6.30. The first-order chi connectivity index (χ1) is 14.1. The maximum absolute atomic E-state index is 14.0. The molecule has 2 heterocycles. The van der Waals surface area contributed by atoms with E-state index in [9.17, 15) is 9.18 Å². The number of benzene rings is 2. The highest BCUT2D eigenvalue weighted by Gasteiger charge is 2.35. The fraction of sp³-hybridized carbons (Fsp3) is 0.273. The van der Waals surface area contributed by atoms with Gasteiger partial charge in [0, 0.05) is 36.4 Å². The van der Waals surface area contributed by atoms with E-state index >= 15 is 0 Å². The Morgan fingerprint density at radius 2 is 1.97 bits per heavy atom. The van der Waals surface area contributed by atoms with Crippen LogP contribution in [0.2, 0.25) is 5.02 Å². The summed E-state index contributed by atoms with van der Waals surface area (Å²) in [7, 11) is 0. The van der Waals surface area contributed by atoms with Crippen LogP contribution >= 0.6 is 11.6 Å². The lowest BCUT2D eigenvalue weighted by atomic mass is 9.74. The topological polar surface area (TPSA) is 56.1 Å². The minimum atomic E-state index is -0.398. The van der Waals surface area contributed by atoms with Crippen molar-refractivity contribution in [3.8, 4) is 5.69 Å². The van der Waals surface area contributed by atoms with Gasteiger partial charge < -0.3 is 10.1 Å². The molecular weight excluding hydrogens is 393 g/mol. The summed E-state index contributed by atoms with van der Waals surface area (Å²) in [5, 5.41) is 7.90. The number of rotatable bonds is 5. The zero-order valence-corrected chi connectivity index (χ0v) is 16.5. The molecule has 1 amide bonds. The number of nitrogens with one attached hydrogen (secondary N) is 1. The summed E-state index contributed by atoms with van der Waals surface area (Å²) in [6.45, 7) is 1.71. The average molecular weight is 414 g/mol. The van der Waals surface area contributed by atoms with Crippen molar-refractivity contribution in [1.82, 2.24) is 15.1 Å². The zero-order chi connectivity index (χ0) is 20.3. The quantitative estimate of drug-likeness (QED) is 0.683. The van der Waals surface area contributed by atoms with Gasteiger partial charge in [-0.2, -0.15) is 5.10 Å². The van der Waals surface area contributed by atoms with Crippen LogP contribution in [0.1, 0.15) is 28.9 Å². The lowest BCUT2D eigenvalue weighted by Gasteiger charge is -2.38. The Balaban J connectivity index is 1.51. The molecule has 1 saturated heterocycles. The third kappa shape index (κ3) is 4.18. The van der Waals surface area contributed by atoms with Gasteiger partial charge >= 0.3 is 0 Å². The first-order valence-electron chi connectivity index (χ1n) is 9.50. The lowest BCUT2D eigenvalue weighted by molar-refractivity contribution is 0.0486. The molecule has 0 unspecified atom stereocenters. The van der Waals surface area contributed by atoms with Crippen LogP contribution in [0, 0.1) is 5.82 Å². The van der Waals surface area contributed by atoms with Crippen molar-refractivity contribution in [1.29, 1.82) is 0 Å². The Kier molecular flexibility index (Phi) is 5.65. The van der Waals surface area contributed by atoms with Crippen LogP contribution in [0.5, 0.6) is 0 Å². The number of halogens is 2. The third-order valence-corrected chi connectivity index (χ3v) is 5.63. The molecule has 1 aliphatic heterocycles. The number of para-hydroxylation sites is 1. The number of ether oxygens (including phenoxy) is 1. The Morgan fingerprint density at radius 3 is 2.72 bits per heavy atom. The van der Waals surface area contributed by atoms with E-state index in [4.69, 9.17) is 16.3 Å². The van der Waals surface area contributed by atoms with Crippen LogP contribution in [0.3, 0.4) is 0 Å². The molecule has 7 heteroatoms. The monoisotopic (exact) mass is 413 g/mol. The molecule has 4 rings (SSSR count). The first kappa shape index (κ1) is 19.6. The largest absolute Gasteiger partial charge is 0.381 e. The molecule has 29 heavy (non-hydrogen) atoms. The van der Waals surface area contributed by atoms with Gasteiger partial charge in [-0.25, -0.2) is 9.07 Å². The van der Waals surface area contributed by atoms with Crippen molar-refractivity contribution in [2.75, 3.05) is 19.8 Å². The fourth-order valence-electron chi connectivity index (χ4n) is 3.70. The molecule has 1 aliphatic rings. The second-order valence-corrected chi connectivity index (χ2v) is 7.62. The van der Waals surface area contributed by atoms with Crippen LogP contribution in [0.4, 0.5) is 4.39 Å². The predicted octanol–water partition coefficient (Wildman–Crippen LogP) is 4.14. The fourth-order valence-corrected chi connectivity index (χ4v) is 3.90. The van der Waals surface area contributed by atoms with E-state index in [1.54, 1.807) is 30.5 Å². The summed E-state index contributed by atoms with van der Waals surface area (Å²) >= 11 is 6.20. The van der Waals surface area contributed by atoms with Gasteiger partial charge in [-0.15, -0.1) is 0 Å². The summed E-state index contributed by atoms with van der Waals surface area (Å²) in [6.07, 6.45) is 3.16. The van der Waals surface area contributed by atoms with Gasteiger partial charge in [0.2, 0.25) is 0 Å². The van der Waals surface area contributed by atoms with E-state index in [2.05, 4.69) is 10.4 Å². The van der Waals surface area contributed by atoms with Gasteiger partial charge in [0.15, 0.2) is 5.69 Å². The van der Waals surface area contributed by atoms with Crippen molar-refractivity contribution < 1.29 is 13.9 Å². The van der Waals surface area contributed by atoms with Crippen molar-refractivity contribution in [2.45, 2.75) is 18.3 Å². The molecule has 1 N–H and O–H groups in total. The highest BCUT2D eigenvalue weighted by Crippen LogP contribution is 2.35. The molecule has 0 radical (unpaired) electrons. The molecule has 1 fully saturated rings. The van der Waals surface area contributed by atoms with Gasteiger partial charge in [0.1, 0.15) is 11.5 Å². The van der Waals surface area contributed by atoms with Crippen molar-refractivity contribution >= 4 is 17.5 Å². The average Bonchev–Trinajstić information content (AvgIpc) is 3.23. The number of hydrogen-bond acceptors (Lipinski definition) is 3. The smallest absolute Gasteiger partial charge is 0.271 e. The van der Waals surface area contributed by atoms with Gasteiger partial charge in [0.05, 0.1) is 0 Å². The number of carbonyl (C=O) groups is 1. The molecule has 0 bridgehead atoms. The van der Waals surface area contributed by atoms with Gasteiger partial charge in [-0.3, -0.25) is 4.79 Å². The first-order valence-corrected chi connectivity index (χ1v) is 9.88. The molecule has 0 spiro atoms. The van der Waals surface area contributed by atoms with Gasteiger partial charge in [-0.05, 0) is 48.7 Å². The minimum Gasteiger partial charge on any atom is -0.381 e. The van der Waals surface area contributed by atoms with E-state index in [0.717, 1.165) is 18.4 Å². The maximum atomic E-state index is 14.0. The third-order valence-electron chi connectivity index (χ3n) is 5.40. The van der Waals surface area contributed by atoms with Crippen molar-refractivity contribution in [2.24, 2.45) is 0 Å². The van der Waals surface area contributed by atoms with Crippen LogP contribution < -0.4 is 5.32 Å². The van der Waals surface area contributed by atoms with Crippen molar-refractivity contribution in [3.63, 3.8) is 0 Å². The van der Waals surface area contributed by atoms with Gasteiger partial charge in [0.25, 0.3) is 5.91 Å². The maximum Gasteiger partial charge on any atom is 0.271 e. The zero-order valence-electron chi connectivity index (χ0n) is 15.8. The lowest BCUT2D eigenvalue weighted by Crippen LogP contribution is -2.44. The number of carbonyl (C=O) groups excluding carboxylic acids is 1. The Morgan fingerprint density at radius 1 is 1.17 bits per heavy atom. The predicted molar refractivity (Wildman–Crippen MR) is 109 cm³/mol. The summed E-state index contributed by atoms with van der Waals surface area (Å²) in [4.78, 5) is 12.7. The molecule has 0 saturated carbocycles. The van der Waals surface area contributed by atoms with Crippen molar-refractivity contribution in [3.05, 3.63) is 82.9 Å². The Bertz CT molecular complexity index is 1010. The summed E-state index contributed by atoms with van der Waals surface area (Å²) < 4.78 is 20.9. The molecule has 5 nitrogen and oxygen atoms in total. The number of hydrogen-bond donors (Lipinski definition) is 1. The van der Waals surface area contributed by atoms with Crippen LogP contribution in [-0.4, -0.2) is 35.4 Å². The Labute approximate surface area is 173 Å². The van der Waals surface area contributed by atoms with E-state index < -0.39 is 5.82 Å². The van der Waals surface area contributed by atoms with Crippen LogP contribution in [-0.2, 0) is 10.2 Å². The molecule has 2 aromatic carbocycles. The minimum absolute atomic E-state index is 0.238. The molecule has 0 aliphatic carbocycles. The Hall–Kier alpha value is -2.70. The summed E-state index contributed by atoms with van der Waals surface area (Å²) in [5.74, 6) is -0.697. The number of amides is 1.